The molecule has 0 aliphatic rings. The molecular formula is C11H15N3OS. The number of aromatic nitrogens is 2. The smallest absolute Gasteiger partial charge is 0.138 e. The van der Waals surface area contributed by atoms with Gasteiger partial charge in [-0.3, -0.25) is 0 Å². The number of hydrogen-bond donors (Lipinski definition) is 1. The van der Waals surface area contributed by atoms with Gasteiger partial charge in [0.25, 0.3) is 0 Å². The summed E-state index contributed by atoms with van der Waals surface area (Å²) in [6.07, 6.45) is 1.77. The molecule has 0 radical (unpaired) electrons. The van der Waals surface area contributed by atoms with Crippen molar-refractivity contribution in [3.05, 3.63) is 17.3 Å². The van der Waals surface area contributed by atoms with Crippen molar-refractivity contribution in [2.45, 2.75) is 20.0 Å². The van der Waals surface area contributed by atoms with E-state index in [1.165, 1.54) is 4.88 Å². The first-order chi connectivity index (χ1) is 7.70. The number of nitrogens with one attached hydrogen (secondary N) is 1. The Kier molecular flexibility index (Phi) is 3.36. The van der Waals surface area contributed by atoms with Crippen molar-refractivity contribution in [3.63, 3.8) is 0 Å². The summed E-state index contributed by atoms with van der Waals surface area (Å²) in [7, 11) is 1.71. The fourth-order valence-electron chi connectivity index (χ4n) is 1.44. The van der Waals surface area contributed by atoms with Crippen LogP contribution in [-0.4, -0.2) is 29.7 Å². The Bertz CT molecular complexity index is 483. The standard InChI is InChI=1S/C11H15N3OS/c1-7(15-3)5-12-10-9-4-8(2)16-11(9)14-6-13-10/h4,6-7H,5H2,1-3H3,(H,12,13,14). The average molecular weight is 237 g/mol. The van der Waals surface area contributed by atoms with E-state index in [0.717, 1.165) is 22.6 Å². The van der Waals surface area contributed by atoms with Crippen molar-refractivity contribution >= 4 is 27.4 Å². The Labute approximate surface area is 98.7 Å². The number of hydrogen-bond acceptors (Lipinski definition) is 5. The van der Waals surface area contributed by atoms with Crippen LogP contribution in [0.3, 0.4) is 0 Å². The zero-order valence-corrected chi connectivity index (χ0v) is 10.5. The first-order valence-electron chi connectivity index (χ1n) is 5.18. The molecule has 5 heteroatoms. The van der Waals surface area contributed by atoms with E-state index in [2.05, 4.69) is 28.3 Å². The van der Waals surface area contributed by atoms with Gasteiger partial charge in [-0.15, -0.1) is 11.3 Å². The van der Waals surface area contributed by atoms with Gasteiger partial charge in [0.05, 0.1) is 11.5 Å². The maximum atomic E-state index is 5.19. The van der Waals surface area contributed by atoms with E-state index in [4.69, 9.17) is 4.74 Å². The number of rotatable bonds is 4. The van der Waals surface area contributed by atoms with Gasteiger partial charge in [0.15, 0.2) is 0 Å². The summed E-state index contributed by atoms with van der Waals surface area (Å²) in [5.74, 6) is 0.887. The van der Waals surface area contributed by atoms with Crippen LogP contribution in [-0.2, 0) is 4.74 Å². The van der Waals surface area contributed by atoms with Gasteiger partial charge < -0.3 is 10.1 Å². The van der Waals surface area contributed by atoms with Gasteiger partial charge >= 0.3 is 0 Å². The summed E-state index contributed by atoms with van der Waals surface area (Å²) in [6.45, 7) is 4.84. The summed E-state index contributed by atoms with van der Waals surface area (Å²) < 4.78 is 5.19. The molecule has 0 aliphatic carbocycles. The molecule has 0 aliphatic heterocycles. The molecule has 0 saturated carbocycles. The van der Waals surface area contributed by atoms with Gasteiger partial charge in [-0.05, 0) is 19.9 Å². The molecule has 2 aromatic rings. The van der Waals surface area contributed by atoms with E-state index in [9.17, 15) is 0 Å². The third-order valence-electron chi connectivity index (χ3n) is 2.41. The molecule has 0 spiro atoms. The van der Waals surface area contributed by atoms with E-state index in [1.807, 2.05) is 6.92 Å². The molecule has 2 heterocycles. The van der Waals surface area contributed by atoms with Crippen molar-refractivity contribution in [3.8, 4) is 0 Å². The lowest BCUT2D eigenvalue weighted by molar-refractivity contribution is 0.128. The van der Waals surface area contributed by atoms with Crippen LogP contribution < -0.4 is 5.32 Å². The maximum Gasteiger partial charge on any atom is 0.138 e. The minimum atomic E-state index is 0.171. The van der Waals surface area contributed by atoms with Crippen LogP contribution in [0.25, 0.3) is 10.2 Å². The zero-order chi connectivity index (χ0) is 11.5. The van der Waals surface area contributed by atoms with Crippen molar-refractivity contribution in [2.24, 2.45) is 0 Å². The van der Waals surface area contributed by atoms with Crippen LogP contribution >= 0.6 is 11.3 Å². The van der Waals surface area contributed by atoms with E-state index in [-0.39, 0.29) is 6.10 Å². The lowest BCUT2D eigenvalue weighted by Gasteiger charge is -2.11. The maximum absolute atomic E-state index is 5.19. The summed E-state index contributed by atoms with van der Waals surface area (Å²) in [4.78, 5) is 10.8. The molecule has 2 rings (SSSR count). The Balaban J connectivity index is 2.23. The van der Waals surface area contributed by atoms with Gasteiger partial charge in [0.1, 0.15) is 17.0 Å². The summed E-state index contributed by atoms with van der Waals surface area (Å²) in [5.41, 5.74) is 0. The second-order valence-corrected chi connectivity index (χ2v) is 4.96. The van der Waals surface area contributed by atoms with Crippen LogP contribution in [0.15, 0.2) is 12.4 Å². The van der Waals surface area contributed by atoms with Crippen molar-refractivity contribution in [2.75, 3.05) is 19.0 Å². The highest BCUT2D eigenvalue weighted by Gasteiger charge is 2.07. The lowest BCUT2D eigenvalue weighted by Crippen LogP contribution is -2.18. The second kappa shape index (κ2) is 4.76. The average Bonchev–Trinajstić information content (AvgIpc) is 2.66. The topological polar surface area (TPSA) is 47.0 Å². The summed E-state index contributed by atoms with van der Waals surface area (Å²) >= 11 is 1.68. The Hall–Kier alpha value is -1.20. The number of fused-ring (bicyclic) bond motifs is 1. The van der Waals surface area contributed by atoms with Crippen molar-refractivity contribution < 1.29 is 4.74 Å². The van der Waals surface area contributed by atoms with Crippen molar-refractivity contribution in [1.82, 2.24) is 9.97 Å². The van der Waals surface area contributed by atoms with Gasteiger partial charge in [-0.25, -0.2) is 9.97 Å². The molecule has 1 atom stereocenters. The minimum absolute atomic E-state index is 0.171. The number of anilines is 1. The highest BCUT2D eigenvalue weighted by atomic mass is 32.1. The highest BCUT2D eigenvalue weighted by molar-refractivity contribution is 7.18. The third kappa shape index (κ3) is 2.31. The molecule has 1 unspecified atom stereocenters. The van der Waals surface area contributed by atoms with Crippen molar-refractivity contribution in [1.29, 1.82) is 0 Å². The first kappa shape index (κ1) is 11.3. The molecule has 0 fully saturated rings. The number of nitrogens with zero attached hydrogens (tertiary/aromatic N) is 2. The Morgan fingerprint density at radius 1 is 1.50 bits per heavy atom. The van der Waals surface area contributed by atoms with E-state index in [0.29, 0.717) is 0 Å². The molecule has 4 nitrogen and oxygen atoms in total. The minimum Gasteiger partial charge on any atom is -0.380 e. The molecule has 0 saturated heterocycles. The molecule has 16 heavy (non-hydrogen) atoms. The number of aryl methyl sites for hydroxylation is 1. The van der Waals surface area contributed by atoms with Crippen LogP contribution in [0, 0.1) is 6.92 Å². The predicted octanol–water partition coefficient (Wildman–Crippen LogP) is 2.45. The van der Waals surface area contributed by atoms with Gasteiger partial charge in [-0.2, -0.15) is 0 Å². The van der Waals surface area contributed by atoms with E-state index in [1.54, 1.807) is 24.8 Å². The second-order valence-electron chi connectivity index (χ2n) is 3.73. The van der Waals surface area contributed by atoms with Crippen LogP contribution in [0.2, 0.25) is 0 Å². The largest absolute Gasteiger partial charge is 0.380 e. The summed E-state index contributed by atoms with van der Waals surface area (Å²) in [5, 5.41) is 4.37. The Morgan fingerprint density at radius 3 is 3.06 bits per heavy atom. The van der Waals surface area contributed by atoms with Crippen LogP contribution in [0.1, 0.15) is 11.8 Å². The molecule has 0 amide bonds. The first-order valence-corrected chi connectivity index (χ1v) is 6.00. The molecule has 2 aromatic heterocycles. The van der Waals surface area contributed by atoms with Gasteiger partial charge in [-0.1, -0.05) is 0 Å². The zero-order valence-electron chi connectivity index (χ0n) is 9.65. The fraction of sp³-hybridized carbons (Fsp3) is 0.455. The molecule has 0 bridgehead atoms. The number of ether oxygens (including phenoxy) is 1. The van der Waals surface area contributed by atoms with E-state index < -0.39 is 0 Å². The Morgan fingerprint density at radius 2 is 2.31 bits per heavy atom. The normalized spacial score (nSPS) is 12.9. The molecular weight excluding hydrogens is 222 g/mol. The van der Waals surface area contributed by atoms with Crippen LogP contribution in [0.5, 0.6) is 0 Å². The number of methoxy groups -OCH3 is 1. The van der Waals surface area contributed by atoms with Gasteiger partial charge in [0, 0.05) is 18.5 Å². The molecule has 0 aromatic carbocycles. The van der Waals surface area contributed by atoms with Crippen LogP contribution in [0.4, 0.5) is 5.82 Å². The fourth-order valence-corrected chi connectivity index (χ4v) is 2.29. The molecule has 86 valence electrons. The lowest BCUT2D eigenvalue weighted by atomic mass is 10.3. The van der Waals surface area contributed by atoms with Gasteiger partial charge in [0.2, 0.25) is 0 Å². The predicted molar refractivity (Wildman–Crippen MR) is 67.1 cm³/mol. The monoisotopic (exact) mass is 237 g/mol. The molecule has 1 N–H and O–H groups in total. The highest BCUT2D eigenvalue weighted by Crippen LogP contribution is 2.27. The summed E-state index contributed by atoms with van der Waals surface area (Å²) in [6, 6.07) is 2.11. The quantitative estimate of drug-likeness (QED) is 0.887. The third-order valence-corrected chi connectivity index (χ3v) is 3.37. The SMILES string of the molecule is COC(C)CNc1ncnc2sc(C)cc12. The van der Waals surface area contributed by atoms with E-state index >= 15 is 0 Å². The number of thiophene rings is 1.